The van der Waals surface area contributed by atoms with Crippen LogP contribution in [-0.4, -0.2) is 20.0 Å². The third-order valence-corrected chi connectivity index (χ3v) is 6.41. The molecule has 7 rings (SSSR count). The van der Waals surface area contributed by atoms with Crippen molar-refractivity contribution in [1.82, 2.24) is 20.0 Å². The molecule has 36 heavy (non-hydrogen) atoms. The molecule has 0 aliphatic carbocycles. The molecule has 0 bridgehead atoms. The average molecular weight is 467 g/mol. The second-order valence-corrected chi connectivity index (χ2v) is 8.58. The fourth-order valence-corrected chi connectivity index (χ4v) is 4.66. The van der Waals surface area contributed by atoms with E-state index in [1.807, 2.05) is 109 Å². The van der Waals surface area contributed by atoms with Crippen LogP contribution < -0.4 is 5.63 Å². The Morgan fingerprint density at radius 1 is 0.667 bits per heavy atom. The molecule has 0 spiro atoms. The molecule has 0 radical (unpaired) electrons. The molecule has 0 unspecified atom stereocenters. The zero-order valence-corrected chi connectivity index (χ0v) is 19.0. The molecule has 170 valence electrons. The Bertz CT molecular complexity index is 1960. The fourth-order valence-electron chi connectivity index (χ4n) is 4.66. The van der Waals surface area contributed by atoms with Gasteiger partial charge in [0.05, 0.1) is 16.6 Å². The molecule has 6 nitrogen and oxygen atoms in total. The van der Waals surface area contributed by atoms with Crippen molar-refractivity contribution in [2.75, 3.05) is 0 Å². The fraction of sp³-hybridized carbons (Fsp3) is 0. The van der Waals surface area contributed by atoms with Gasteiger partial charge in [0, 0.05) is 17.1 Å². The minimum atomic E-state index is -0.465. The van der Waals surface area contributed by atoms with Crippen LogP contribution in [0.25, 0.3) is 60.8 Å². The van der Waals surface area contributed by atoms with E-state index in [9.17, 15) is 4.79 Å². The summed E-state index contributed by atoms with van der Waals surface area (Å²) in [5.41, 5.74) is 3.97. The van der Waals surface area contributed by atoms with Crippen LogP contribution in [0.2, 0.25) is 0 Å². The Labute approximate surface area is 205 Å². The van der Waals surface area contributed by atoms with E-state index in [0.29, 0.717) is 28.1 Å². The first-order chi connectivity index (χ1) is 17.8. The van der Waals surface area contributed by atoms with Crippen LogP contribution in [0.4, 0.5) is 0 Å². The van der Waals surface area contributed by atoms with Crippen molar-refractivity contribution in [3.8, 4) is 28.2 Å². The van der Waals surface area contributed by atoms with Crippen molar-refractivity contribution < 1.29 is 4.42 Å². The Hall–Kier alpha value is -5.10. The van der Waals surface area contributed by atoms with Crippen LogP contribution in [0.3, 0.4) is 0 Å². The number of fused-ring (bicyclic) bond motifs is 4. The third kappa shape index (κ3) is 3.20. The minimum absolute atomic E-state index is 0.351. The van der Waals surface area contributed by atoms with Crippen LogP contribution in [0.1, 0.15) is 0 Å². The van der Waals surface area contributed by atoms with Gasteiger partial charge in [-0.3, -0.25) is 0 Å². The molecule has 7 aromatic rings. The van der Waals surface area contributed by atoms with E-state index in [4.69, 9.17) is 9.52 Å². The smallest absolute Gasteiger partial charge is 0.345 e. The van der Waals surface area contributed by atoms with Crippen LogP contribution in [0.5, 0.6) is 0 Å². The lowest BCUT2D eigenvalue weighted by atomic mass is 10.0. The molecule has 0 amide bonds. The van der Waals surface area contributed by atoms with Gasteiger partial charge in [-0.1, -0.05) is 78.9 Å². The summed E-state index contributed by atoms with van der Waals surface area (Å²) in [4.78, 5) is 13.2. The molecule has 0 saturated heterocycles. The minimum Gasteiger partial charge on any atom is -0.422 e. The Morgan fingerprint density at radius 2 is 1.39 bits per heavy atom. The Balaban J connectivity index is 1.54. The van der Waals surface area contributed by atoms with Crippen LogP contribution in [0, 0.1) is 0 Å². The summed E-state index contributed by atoms with van der Waals surface area (Å²) >= 11 is 0. The molecule has 6 heteroatoms. The third-order valence-electron chi connectivity index (χ3n) is 6.41. The largest absolute Gasteiger partial charge is 0.422 e. The van der Waals surface area contributed by atoms with E-state index >= 15 is 0 Å². The van der Waals surface area contributed by atoms with Crippen molar-refractivity contribution in [1.29, 1.82) is 0 Å². The van der Waals surface area contributed by atoms with E-state index in [2.05, 4.69) is 10.2 Å². The summed E-state index contributed by atoms with van der Waals surface area (Å²) in [6.07, 6.45) is 1.90. The Kier molecular flexibility index (Phi) is 4.50. The first-order valence-corrected chi connectivity index (χ1v) is 11.6. The van der Waals surface area contributed by atoms with E-state index in [-0.39, 0.29) is 0 Å². The van der Waals surface area contributed by atoms with Gasteiger partial charge in [0.25, 0.3) is 0 Å². The van der Waals surface area contributed by atoms with E-state index in [1.54, 1.807) is 4.68 Å². The molecule has 4 aromatic carbocycles. The predicted octanol–water partition coefficient (Wildman–Crippen LogP) is 6.41. The lowest BCUT2D eigenvalue weighted by Gasteiger charge is -2.07. The SMILES string of the molecule is O=c1oc2ccc3ccccc3c2cc1-c1nnc(-c2ccccc2)c2nn(-c3ccccc3)cc12. The number of benzene rings is 4. The van der Waals surface area contributed by atoms with Crippen LogP contribution in [0.15, 0.2) is 119 Å². The number of rotatable bonds is 3. The van der Waals surface area contributed by atoms with Crippen molar-refractivity contribution in [2.45, 2.75) is 0 Å². The van der Waals surface area contributed by atoms with Crippen molar-refractivity contribution in [3.05, 3.63) is 120 Å². The van der Waals surface area contributed by atoms with Gasteiger partial charge < -0.3 is 4.42 Å². The van der Waals surface area contributed by atoms with E-state index in [0.717, 1.165) is 32.8 Å². The van der Waals surface area contributed by atoms with Gasteiger partial charge >= 0.3 is 5.63 Å². The molecule has 0 fully saturated rings. The van der Waals surface area contributed by atoms with Crippen LogP contribution in [-0.2, 0) is 0 Å². The molecule has 0 atom stereocenters. The summed E-state index contributed by atoms with van der Waals surface area (Å²) in [5, 5.41) is 17.6. The highest BCUT2D eigenvalue weighted by atomic mass is 16.4. The van der Waals surface area contributed by atoms with Crippen LogP contribution >= 0.6 is 0 Å². The second kappa shape index (κ2) is 7.99. The van der Waals surface area contributed by atoms with Gasteiger partial charge in [-0.05, 0) is 35.0 Å². The zero-order valence-electron chi connectivity index (χ0n) is 19.0. The van der Waals surface area contributed by atoms with Crippen molar-refractivity contribution in [3.63, 3.8) is 0 Å². The number of hydrogen-bond donors (Lipinski definition) is 0. The lowest BCUT2D eigenvalue weighted by molar-refractivity contribution is 0.563. The lowest BCUT2D eigenvalue weighted by Crippen LogP contribution is -2.05. The number of hydrogen-bond acceptors (Lipinski definition) is 5. The summed E-state index contributed by atoms with van der Waals surface area (Å²) in [6, 6.07) is 33.3. The van der Waals surface area contributed by atoms with Crippen molar-refractivity contribution >= 4 is 32.6 Å². The highest BCUT2D eigenvalue weighted by Gasteiger charge is 2.20. The highest BCUT2D eigenvalue weighted by Crippen LogP contribution is 2.33. The molecule has 0 aliphatic rings. The quantitative estimate of drug-likeness (QED) is 0.222. The molecule has 3 aromatic heterocycles. The first-order valence-electron chi connectivity index (χ1n) is 11.6. The summed E-state index contributed by atoms with van der Waals surface area (Å²) in [5.74, 6) is 0. The summed E-state index contributed by atoms with van der Waals surface area (Å²) in [7, 11) is 0. The average Bonchev–Trinajstić information content (AvgIpc) is 3.39. The Morgan fingerprint density at radius 3 is 2.22 bits per heavy atom. The number of para-hydroxylation sites is 1. The predicted molar refractivity (Wildman–Crippen MR) is 141 cm³/mol. The highest BCUT2D eigenvalue weighted by molar-refractivity contribution is 6.07. The van der Waals surface area contributed by atoms with Gasteiger partial charge in [-0.2, -0.15) is 5.10 Å². The zero-order chi connectivity index (χ0) is 24.1. The number of aromatic nitrogens is 4. The molecular weight excluding hydrogens is 448 g/mol. The first kappa shape index (κ1) is 20.3. The van der Waals surface area contributed by atoms with Gasteiger partial charge in [-0.15, -0.1) is 10.2 Å². The second-order valence-electron chi connectivity index (χ2n) is 8.58. The van der Waals surface area contributed by atoms with Gasteiger partial charge in [0.1, 0.15) is 22.5 Å². The molecule has 0 saturated carbocycles. The maximum atomic E-state index is 13.2. The van der Waals surface area contributed by atoms with E-state index in [1.165, 1.54) is 0 Å². The molecule has 0 aliphatic heterocycles. The number of nitrogens with zero attached hydrogens (tertiary/aromatic N) is 4. The molecular formula is C30H18N4O2. The standard InChI is InChI=1S/C30H18N4O2/c35-30-24(17-23-22-14-8-7-9-19(22)15-16-26(23)36-30)28-25-18-34(21-12-5-2-6-13-21)33-29(25)27(31-32-28)20-10-3-1-4-11-20/h1-18H. The molecule has 3 heterocycles. The van der Waals surface area contributed by atoms with Gasteiger partial charge in [0.15, 0.2) is 0 Å². The van der Waals surface area contributed by atoms with Crippen molar-refractivity contribution in [2.24, 2.45) is 0 Å². The summed E-state index contributed by atoms with van der Waals surface area (Å²) in [6.45, 7) is 0. The van der Waals surface area contributed by atoms with Gasteiger partial charge in [-0.25, -0.2) is 9.48 Å². The summed E-state index contributed by atoms with van der Waals surface area (Å²) < 4.78 is 7.55. The molecule has 0 N–H and O–H groups in total. The maximum Gasteiger partial charge on any atom is 0.345 e. The maximum absolute atomic E-state index is 13.2. The van der Waals surface area contributed by atoms with E-state index < -0.39 is 5.63 Å². The monoisotopic (exact) mass is 466 g/mol. The van der Waals surface area contributed by atoms with Gasteiger partial charge in [0.2, 0.25) is 0 Å². The normalized spacial score (nSPS) is 11.4. The topological polar surface area (TPSA) is 73.8 Å².